The average Bonchev–Trinajstić information content (AvgIpc) is 3.05. The molecule has 1 saturated heterocycles. The standard InChI is InChI=1S/C28H25N5O2/c29-18-19-13-14-22(24(17-19)33-15-7-2-8-16-33)27(34)32-26-28(35)30-23-12-6-5-11-21(23)25(31-26)20-9-3-1-4-10-20/h1,3-6,9-14,17,26H,2,7-8,15-16H2,(H,30,35)(H,32,34). The quantitative estimate of drug-likeness (QED) is 0.609. The Morgan fingerprint density at radius 3 is 2.51 bits per heavy atom. The SMILES string of the molecule is N#Cc1ccc(C(=O)NC2N=C(c3ccccc3)c3ccccc3NC2=O)c(N2CCCCC2)c1. The van der Waals surface area contributed by atoms with E-state index in [1.807, 2.05) is 54.6 Å². The zero-order valence-corrected chi connectivity index (χ0v) is 19.2. The number of carbonyl (C=O) groups excluding carboxylic acids is 2. The minimum absolute atomic E-state index is 0.405. The highest BCUT2D eigenvalue weighted by atomic mass is 16.2. The third-order valence-electron chi connectivity index (χ3n) is 6.33. The van der Waals surface area contributed by atoms with Gasteiger partial charge in [-0.25, -0.2) is 4.99 Å². The van der Waals surface area contributed by atoms with Gasteiger partial charge in [0.05, 0.1) is 34.3 Å². The van der Waals surface area contributed by atoms with Crippen LogP contribution in [0.5, 0.6) is 0 Å². The molecule has 2 aliphatic heterocycles. The molecule has 174 valence electrons. The van der Waals surface area contributed by atoms with Crippen LogP contribution in [-0.2, 0) is 4.79 Å². The molecular weight excluding hydrogens is 438 g/mol. The summed E-state index contributed by atoms with van der Waals surface area (Å²) in [6, 6.07) is 24.3. The van der Waals surface area contributed by atoms with E-state index in [1.165, 1.54) is 0 Å². The Kier molecular flexibility index (Phi) is 6.27. The first-order valence-corrected chi connectivity index (χ1v) is 11.8. The number of aliphatic imine (C=N–C) groups is 1. The Morgan fingerprint density at radius 2 is 1.74 bits per heavy atom. The van der Waals surface area contributed by atoms with Gasteiger partial charge >= 0.3 is 0 Å². The summed E-state index contributed by atoms with van der Waals surface area (Å²) < 4.78 is 0. The van der Waals surface area contributed by atoms with Gasteiger partial charge in [-0.2, -0.15) is 5.26 Å². The summed E-state index contributed by atoms with van der Waals surface area (Å²) in [7, 11) is 0. The molecule has 5 rings (SSSR count). The van der Waals surface area contributed by atoms with Crippen LogP contribution in [0.15, 0.2) is 77.8 Å². The third kappa shape index (κ3) is 4.64. The molecule has 1 unspecified atom stereocenters. The van der Waals surface area contributed by atoms with Gasteiger partial charge in [0.25, 0.3) is 11.8 Å². The van der Waals surface area contributed by atoms with Crippen molar-refractivity contribution >= 4 is 28.9 Å². The first-order valence-electron chi connectivity index (χ1n) is 11.8. The van der Waals surface area contributed by atoms with Gasteiger partial charge in [-0.05, 0) is 43.5 Å². The maximum absolute atomic E-state index is 13.5. The summed E-state index contributed by atoms with van der Waals surface area (Å²) in [5.74, 6) is -0.817. The number of benzene rings is 3. The molecule has 7 heteroatoms. The molecule has 2 N–H and O–H groups in total. The van der Waals surface area contributed by atoms with Gasteiger partial charge in [-0.15, -0.1) is 0 Å². The molecule has 3 aromatic carbocycles. The number of amides is 2. The second kappa shape index (κ2) is 9.82. The van der Waals surface area contributed by atoms with Crippen molar-refractivity contribution in [3.05, 3.63) is 95.1 Å². The summed E-state index contributed by atoms with van der Waals surface area (Å²) in [4.78, 5) is 33.5. The summed E-state index contributed by atoms with van der Waals surface area (Å²) in [5.41, 5.74) is 4.54. The van der Waals surface area contributed by atoms with E-state index in [0.717, 1.165) is 43.5 Å². The van der Waals surface area contributed by atoms with Gasteiger partial charge < -0.3 is 15.5 Å². The van der Waals surface area contributed by atoms with Crippen molar-refractivity contribution < 1.29 is 9.59 Å². The van der Waals surface area contributed by atoms with E-state index in [0.29, 0.717) is 28.2 Å². The van der Waals surface area contributed by atoms with E-state index in [2.05, 4.69) is 21.6 Å². The molecule has 0 bridgehead atoms. The zero-order valence-electron chi connectivity index (χ0n) is 19.2. The molecule has 7 nitrogen and oxygen atoms in total. The van der Waals surface area contributed by atoms with E-state index < -0.39 is 18.0 Å². The smallest absolute Gasteiger partial charge is 0.269 e. The van der Waals surface area contributed by atoms with Crippen LogP contribution in [-0.4, -0.2) is 36.8 Å². The number of piperidine rings is 1. The molecule has 3 aromatic rings. The molecule has 0 aliphatic carbocycles. The zero-order chi connectivity index (χ0) is 24.2. The highest BCUT2D eigenvalue weighted by Gasteiger charge is 2.28. The van der Waals surface area contributed by atoms with Crippen LogP contribution in [0.3, 0.4) is 0 Å². The monoisotopic (exact) mass is 463 g/mol. The van der Waals surface area contributed by atoms with Gasteiger partial charge in [0.15, 0.2) is 0 Å². The van der Waals surface area contributed by atoms with Crippen molar-refractivity contribution in [1.82, 2.24) is 5.32 Å². The first kappa shape index (κ1) is 22.4. The van der Waals surface area contributed by atoms with Gasteiger partial charge in [-0.3, -0.25) is 9.59 Å². The van der Waals surface area contributed by atoms with Crippen LogP contribution in [0.2, 0.25) is 0 Å². The molecule has 35 heavy (non-hydrogen) atoms. The highest BCUT2D eigenvalue weighted by molar-refractivity contribution is 6.20. The lowest BCUT2D eigenvalue weighted by molar-refractivity contribution is -0.117. The molecular formula is C28H25N5O2. The molecule has 0 saturated carbocycles. The number of para-hydroxylation sites is 1. The van der Waals surface area contributed by atoms with Crippen molar-refractivity contribution in [3.8, 4) is 6.07 Å². The Labute approximate surface area is 204 Å². The highest BCUT2D eigenvalue weighted by Crippen LogP contribution is 2.27. The Bertz CT molecular complexity index is 1340. The fraction of sp³-hybridized carbons (Fsp3) is 0.214. The third-order valence-corrected chi connectivity index (χ3v) is 6.33. The van der Waals surface area contributed by atoms with Crippen molar-refractivity contribution in [2.45, 2.75) is 25.4 Å². The molecule has 1 fully saturated rings. The molecule has 2 heterocycles. The second-order valence-corrected chi connectivity index (χ2v) is 8.65. The topological polar surface area (TPSA) is 97.6 Å². The maximum Gasteiger partial charge on any atom is 0.269 e. The molecule has 0 radical (unpaired) electrons. The number of hydrogen-bond acceptors (Lipinski definition) is 5. The van der Waals surface area contributed by atoms with Crippen LogP contribution in [0.1, 0.15) is 46.3 Å². The summed E-state index contributed by atoms with van der Waals surface area (Å²) in [5, 5.41) is 15.1. The van der Waals surface area contributed by atoms with Gasteiger partial charge in [0.1, 0.15) is 0 Å². The van der Waals surface area contributed by atoms with Gasteiger partial charge in [-0.1, -0.05) is 48.5 Å². The molecule has 0 aromatic heterocycles. The number of nitrogens with zero attached hydrogens (tertiary/aromatic N) is 3. The lowest BCUT2D eigenvalue weighted by Crippen LogP contribution is -2.43. The lowest BCUT2D eigenvalue weighted by atomic mass is 10.0. The van der Waals surface area contributed by atoms with Crippen molar-refractivity contribution in [3.63, 3.8) is 0 Å². The first-order chi connectivity index (χ1) is 17.1. The number of benzodiazepines with no additional fused rings is 1. The van der Waals surface area contributed by atoms with Crippen molar-refractivity contribution in [2.75, 3.05) is 23.3 Å². The van der Waals surface area contributed by atoms with E-state index in [4.69, 9.17) is 4.99 Å². The van der Waals surface area contributed by atoms with E-state index in [-0.39, 0.29) is 0 Å². The number of fused-ring (bicyclic) bond motifs is 1. The fourth-order valence-electron chi connectivity index (χ4n) is 4.57. The van der Waals surface area contributed by atoms with Crippen molar-refractivity contribution in [1.29, 1.82) is 5.26 Å². The van der Waals surface area contributed by atoms with Gasteiger partial charge in [0, 0.05) is 24.2 Å². The average molecular weight is 464 g/mol. The normalized spacial score (nSPS) is 17.3. The van der Waals surface area contributed by atoms with Gasteiger partial charge in [0.2, 0.25) is 6.17 Å². The lowest BCUT2D eigenvalue weighted by Gasteiger charge is -2.30. The number of carbonyl (C=O) groups is 2. The minimum atomic E-state index is -1.12. The van der Waals surface area contributed by atoms with E-state index in [1.54, 1.807) is 18.2 Å². The molecule has 2 aliphatic rings. The second-order valence-electron chi connectivity index (χ2n) is 8.65. The Morgan fingerprint density at radius 1 is 1.00 bits per heavy atom. The number of hydrogen-bond donors (Lipinski definition) is 2. The fourth-order valence-corrected chi connectivity index (χ4v) is 4.57. The number of anilines is 2. The summed E-state index contributed by atoms with van der Waals surface area (Å²) in [6.45, 7) is 1.65. The maximum atomic E-state index is 13.5. The van der Waals surface area contributed by atoms with Crippen LogP contribution >= 0.6 is 0 Å². The number of nitriles is 1. The Hall–Kier alpha value is -4.44. The summed E-state index contributed by atoms with van der Waals surface area (Å²) >= 11 is 0. The van der Waals surface area contributed by atoms with Crippen molar-refractivity contribution in [2.24, 2.45) is 4.99 Å². The predicted molar refractivity (Wildman–Crippen MR) is 136 cm³/mol. The van der Waals surface area contributed by atoms with Crippen LogP contribution in [0.25, 0.3) is 0 Å². The summed E-state index contributed by atoms with van der Waals surface area (Å²) in [6.07, 6.45) is 2.10. The van der Waals surface area contributed by atoms with Crippen LogP contribution in [0.4, 0.5) is 11.4 Å². The predicted octanol–water partition coefficient (Wildman–Crippen LogP) is 4.09. The van der Waals surface area contributed by atoms with Crippen LogP contribution < -0.4 is 15.5 Å². The number of nitrogens with one attached hydrogen (secondary N) is 2. The molecule has 2 amide bonds. The Balaban J connectivity index is 1.51. The largest absolute Gasteiger partial charge is 0.371 e. The van der Waals surface area contributed by atoms with Crippen LogP contribution in [0, 0.1) is 11.3 Å². The molecule has 0 spiro atoms. The minimum Gasteiger partial charge on any atom is -0.371 e. The number of rotatable bonds is 4. The van der Waals surface area contributed by atoms with E-state index in [9.17, 15) is 14.9 Å². The molecule has 1 atom stereocenters. The van der Waals surface area contributed by atoms with E-state index >= 15 is 0 Å².